The van der Waals surface area contributed by atoms with Crippen LogP contribution in [0, 0.1) is 0 Å². The third-order valence-corrected chi connectivity index (χ3v) is 3.95. The molecular weight excluding hydrogens is 262 g/mol. The molecule has 1 aromatic heterocycles. The van der Waals surface area contributed by atoms with Gasteiger partial charge in [0, 0.05) is 18.7 Å². The van der Waals surface area contributed by atoms with Gasteiger partial charge in [0.05, 0.1) is 0 Å². The maximum absolute atomic E-state index is 12.4. The maximum Gasteiger partial charge on any atom is 0.254 e. The van der Waals surface area contributed by atoms with Crippen LogP contribution in [0.5, 0.6) is 0 Å². The lowest BCUT2D eigenvalue weighted by atomic mass is 10.1. The zero-order chi connectivity index (χ0) is 13.8. The number of nitrogen functional groups attached to an aromatic ring is 1. The molecule has 0 saturated heterocycles. The second-order valence-corrected chi connectivity index (χ2v) is 5.55. The van der Waals surface area contributed by atoms with Crippen LogP contribution in [0.15, 0.2) is 12.1 Å². The van der Waals surface area contributed by atoms with Crippen molar-refractivity contribution >= 4 is 23.3 Å². The predicted molar refractivity (Wildman–Crippen MR) is 77.2 cm³/mol. The highest BCUT2D eigenvalue weighted by Gasteiger charge is 2.22. The first kappa shape index (κ1) is 14.1. The summed E-state index contributed by atoms with van der Waals surface area (Å²) in [4.78, 5) is 18.2. The lowest BCUT2D eigenvalue weighted by molar-refractivity contribution is 0.0717. The van der Waals surface area contributed by atoms with Gasteiger partial charge in [-0.25, -0.2) is 4.98 Å². The number of rotatable bonds is 2. The van der Waals surface area contributed by atoms with Crippen molar-refractivity contribution < 1.29 is 4.79 Å². The van der Waals surface area contributed by atoms with Gasteiger partial charge in [0.1, 0.15) is 11.0 Å². The van der Waals surface area contributed by atoms with Crippen molar-refractivity contribution in [2.24, 2.45) is 0 Å². The molecule has 0 atom stereocenters. The van der Waals surface area contributed by atoms with E-state index < -0.39 is 0 Å². The fourth-order valence-corrected chi connectivity index (χ4v) is 2.87. The third-order valence-electron chi connectivity index (χ3n) is 3.75. The van der Waals surface area contributed by atoms with Crippen LogP contribution in [-0.2, 0) is 0 Å². The second-order valence-electron chi connectivity index (χ2n) is 5.16. The quantitative estimate of drug-likeness (QED) is 0.669. The lowest BCUT2D eigenvalue weighted by Crippen LogP contribution is -2.36. The maximum atomic E-state index is 12.4. The summed E-state index contributed by atoms with van der Waals surface area (Å²) in [6, 6.07) is 3.48. The summed E-state index contributed by atoms with van der Waals surface area (Å²) in [5.41, 5.74) is 6.15. The number of nitrogens with two attached hydrogens (primary N) is 1. The molecule has 19 heavy (non-hydrogen) atoms. The van der Waals surface area contributed by atoms with Gasteiger partial charge in [-0.05, 0) is 25.0 Å². The minimum Gasteiger partial charge on any atom is -0.384 e. The summed E-state index contributed by atoms with van der Waals surface area (Å²) >= 11 is 5.85. The van der Waals surface area contributed by atoms with Gasteiger partial charge in [0.25, 0.3) is 5.91 Å². The Kier molecular flexibility index (Phi) is 4.64. The van der Waals surface area contributed by atoms with Crippen LogP contribution in [0.25, 0.3) is 0 Å². The summed E-state index contributed by atoms with van der Waals surface area (Å²) in [5.74, 6) is 0.257. The van der Waals surface area contributed by atoms with Crippen molar-refractivity contribution in [3.05, 3.63) is 22.8 Å². The average Bonchev–Trinajstić information content (AvgIpc) is 2.64. The molecule has 0 aliphatic heterocycles. The van der Waals surface area contributed by atoms with Gasteiger partial charge < -0.3 is 10.6 Å². The molecule has 1 aromatic rings. The van der Waals surface area contributed by atoms with E-state index in [4.69, 9.17) is 17.3 Å². The number of amides is 1. The Morgan fingerprint density at radius 1 is 1.32 bits per heavy atom. The first-order valence-electron chi connectivity index (χ1n) is 6.78. The van der Waals surface area contributed by atoms with Crippen LogP contribution in [0.3, 0.4) is 0 Å². The van der Waals surface area contributed by atoms with Crippen molar-refractivity contribution in [1.82, 2.24) is 9.88 Å². The van der Waals surface area contributed by atoms with Crippen molar-refractivity contribution in [3.63, 3.8) is 0 Å². The van der Waals surface area contributed by atoms with Gasteiger partial charge in [0.15, 0.2) is 0 Å². The molecule has 0 bridgehead atoms. The van der Waals surface area contributed by atoms with E-state index in [1.54, 1.807) is 12.1 Å². The van der Waals surface area contributed by atoms with Gasteiger partial charge in [-0.1, -0.05) is 37.3 Å². The van der Waals surface area contributed by atoms with E-state index in [0.29, 0.717) is 11.6 Å². The third kappa shape index (κ3) is 3.60. The Bertz CT molecular complexity index is 436. The van der Waals surface area contributed by atoms with Gasteiger partial charge >= 0.3 is 0 Å². The molecule has 4 nitrogen and oxygen atoms in total. The van der Waals surface area contributed by atoms with Crippen LogP contribution in [-0.4, -0.2) is 28.9 Å². The minimum atomic E-state index is -0.0251. The number of pyridine rings is 1. The standard InChI is InChI=1S/C14H20ClN3O/c1-18(11-6-4-2-3-5-7-11)14(19)10-8-12(15)17-13(16)9-10/h8-9,11H,2-7H2,1H3,(H2,16,17). The fraction of sp³-hybridized carbons (Fsp3) is 0.571. The highest BCUT2D eigenvalue weighted by Crippen LogP contribution is 2.23. The number of anilines is 1. The summed E-state index contributed by atoms with van der Waals surface area (Å²) in [6.07, 6.45) is 7.09. The Hall–Kier alpha value is -1.29. The first-order chi connectivity index (χ1) is 9.08. The molecule has 0 unspecified atom stereocenters. The monoisotopic (exact) mass is 281 g/mol. The number of halogens is 1. The molecule has 2 N–H and O–H groups in total. The summed E-state index contributed by atoms with van der Waals surface area (Å²) in [6.45, 7) is 0. The number of carbonyl (C=O) groups is 1. The number of aromatic nitrogens is 1. The minimum absolute atomic E-state index is 0.0251. The number of hydrogen-bond donors (Lipinski definition) is 1. The lowest BCUT2D eigenvalue weighted by Gasteiger charge is -2.27. The molecule has 1 heterocycles. The van der Waals surface area contributed by atoms with Gasteiger partial charge in [-0.15, -0.1) is 0 Å². The summed E-state index contributed by atoms with van der Waals surface area (Å²) in [7, 11) is 1.86. The van der Waals surface area contributed by atoms with Crippen LogP contribution in [0.2, 0.25) is 5.15 Å². The molecule has 1 aliphatic rings. The highest BCUT2D eigenvalue weighted by molar-refractivity contribution is 6.29. The van der Waals surface area contributed by atoms with Crippen LogP contribution < -0.4 is 5.73 Å². The molecule has 1 amide bonds. The average molecular weight is 282 g/mol. The molecule has 0 aromatic carbocycles. The largest absolute Gasteiger partial charge is 0.384 e. The molecule has 1 fully saturated rings. The Labute approximate surface area is 118 Å². The smallest absolute Gasteiger partial charge is 0.254 e. The van der Waals surface area contributed by atoms with Crippen molar-refractivity contribution in [1.29, 1.82) is 0 Å². The van der Waals surface area contributed by atoms with E-state index >= 15 is 0 Å². The molecule has 104 valence electrons. The van der Waals surface area contributed by atoms with E-state index in [1.807, 2.05) is 11.9 Å². The zero-order valence-corrected chi connectivity index (χ0v) is 12.0. The zero-order valence-electron chi connectivity index (χ0n) is 11.2. The fourth-order valence-electron chi connectivity index (χ4n) is 2.66. The Morgan fingerprint density at radius 2 is 1.95 bits per heavy atom. The SMILES string of the molecule is CN(C(=O)c1cc(N)nc(Cl)c1)C1CCCCCC1. The second kappa shape index (κ2) is 6.24. The Balaban J connectivity index is 2.13. The van der Waals surface area contributed by atoms with E-state index in [-0.39, 0.29) is 16.9 Å². The van der Waals surface area contributed by atoms with Crippen molar-refractivity contribution in [3.8, 4) is 0 Å². The number of nitrogens with zero attached hydrogens (tertiary/aromatic N) is 2. The van der Waals surface area contributed by atoms with Crippen molar-refractivity contribution in [2.75, 3.05) is 12.8 Å². The van der Waals surface area contributed by atoms with Crippen LogP contribution in [0.1, 0.15) is 48.9 Å². The summed E-state index contributed by atoms with van der Waals surface area (Å²) in [5, 5.41) is 0.262. The number of carbonyl (C=O) groups excluding carboxylic acids is 1. The number of hydrogen-bond acceptors (Lipinski definition) is 3. The van der Waals surface area contributed by atoms with Gasteiger partial charge in [-0.3, -0.25) is 4.79 Å². The van der Waals surface area contributed by atoms with Crippen LogP contribution in [0.4, 0.5) is 5.82 Å². The molecule has 1 saturated carbocycles. The molecule has 0 radical (unpaired) electrons. The molecular formula is C14H20ClN3O. The topological polar surface area (TPSA) is 59.2 Å². The molecule has 0 spiro atoms. The van der Waals surface area contributed by atoms with Gasteiger partial charge in [-0.2, -0.15) is 0 Å². The van der Waals surface area contributed by atoms with E-state index in [2.05, 4.69) is 4.98 Å². The van der Waals surface area contributed by atoms with E-state index in [0.717, 1.165) is 12.8 Å². The van der Waals surface area contributed by atoms with E-state index in [9.17, 15) is 4.79 Å². The summed E-state index contributed by atoms with van der Waals surface area (Å²) < 4.78 is 0. The Morgan fingerprint density at radius 3 is 2.53 bits per heavy atom. The molecule has 1 aliphatic carbocycles. The highest BCUT2D eigenvalue weighted by atomic mass is 35.5. The van der Waals surface area contributed by atoms with Crippen molar-refractivity contribution in [2.45, 2.75) is 44.6 Å². The van der Waals surface area contributed by atoms with E-state index in [1.165, 1.54) is 25.7 Å². The first-order valence-corrected chi connectivity index (χ1v) is 7.16. The van der Waals surface area contributed by atoms with Crippen LogP contribution >= 0.6 is 11.6 Å². The normalized spacial score (nSPS) is 16.9. The van der Waals surface area contributed by atoms with Gasteiger partial charge in [0.2, 0.25) is 0 Å². The molecule has 2 rings (SSSR count). The predicted octanol–water partition coefficient (Wildman–Crippen LogP) is 3.11. The molecule has 5 heteroatoms.